The average Bonchev–Trinajstić information content (AvgIpc) is 2.16. The van der Waals surface area contributed by atoms with Crippen LogP contribution in [0.25, 0.3) is 0 Å². The fourth-order valence-corrected chi connectivity index (χ4v) is 2.75. The minimum atomic E-state index is -5.65. The predicted molar refractivity (Wildman–Crippen MR) is 56.0 cm³/mol. The van der Waals surface area contributed by atoms with Crippen molar-refractivity contribution in [3.05, 3.63) is 0 Å². The Bertz CT molecular complexity index is 237. The van der Waals surface area contributed by atoms with Crippen LogP contribution in [0.2, 0.25) is 6.04 Å². The third kappa shape index (κ3) is 5.00. The summed E-state index contributed by atoms with van der Waals surface area (Å²) in [4.78, 5) is 11.4. The molecule has 0 heterocycles. The van der Waals surface area contributed by atoms with E-state index in [0.29, 0.717) is 0 Å². The number of halogens is 3. The van der Waals surface area contributed by atoms with E-state index in [0.717, 1.165) is 32.1 Å². The van der Waals surface area contributed by atoms with Gasteiger partial charge in [0, 0.05) is 6.04 Å². The molecule has 16 heavy (non-hydrogen) atoms. The topological polar surface area (TPSA) is 26.3 Å². The summed E-state index contributed by atoms with van der Waals surface area (Å²) >= 11 is 0. The Labute approximate surface area is 94.7 Å². The summed E-state index contributed by atoms with van der Waals surface area (Å²) in [6.45, 7) is 1.30. The van der Waals surface area contributed by atoms with Crippen molar-refractivity contribution < 1.29 is 21.9 Å². The van der Waals surface area contributed by atoms with Crippen LogP contribution in [0.3, 0.4) is 0 Å². The lowest BCUT2D eigenvalue weighted by Gasteiger charge is -2.23. The lowest BCUT2D eigenvalue weighted by atomic mass is 9.98. The average molecular weight is 254 g/mol. The van der Waals surface area contributed by atoms with Crippen LogP contribution < -0.4 is 0 Å². The van der Waals surface area contributed by atoms with E-state index < -0.39 is 27.0 Å². The standard InChI is InChI=1S/C10H17F3O2Si/c1-8(7-16(11,12)13)10(14)15-9-5-3-2-4-6-9/h8-9H,2-7H2,1H3. The Morgan fingerprint density at radius 1 is 1.31 bits per heavy atom. The van der Waals surface area contributed by atoms with Gasteiger partial charge in [-0.2, -0.15) is 0 Å². The van der Waals surface area contributed by atoms with Gasteiger partial charge >= 0.3 is 15.0 Å². The van der Waals surface area contributed by atoms with E-state index in [2.05, 4.69) is 0 Å². The summed E-state index contributed by atoms with van der Waals surface area (Å²) in [5.74, 6) is -1.72. The molecule has 0 saturated heterocycles. The molecule has 1 saturated carbocycles. The molecule has 1 atom stereocenters. The Kier molecular flexibility index (Phi) is 4.82. The molecular formula is C10H17F3O2Si. The molecule has 0 aromatic rings. The van der Waals surface area contributed by atoms with Gasteiger partial charge in [-0.15, -0.1) is 0 Å². The summed E-state index contributed by atoms with van der Waals surface area (Å²) in [5, 5.41) is 0. The first-order valence-electron chi connectivity index (χ1n) is 5.66. The lowest BCUT2D eigenvalue weighted by molar-refractivity contribution is -0.154. The number of hydrogen-bond acceptors (Lipinski definition) is 2. The fourth-order valence-electron chi connectivity index (χ4n) is 1.89. The normalized spacial score (nSPS) is 20.5. The van der Waals surface area contributed by atoms with E-state index in [1.807, 2.05) is 0 Å². The summed E-state index contributed by atoms with van der Waals surface area (Å²) in [5.41, 5.74) is 0. The van der Waals surface area contributed by atoms with E-state index in [1.54, 1.807) is 0 Å². The van der Waals surface area contributed by atoms with Crippen molar-refractivity contribution in [1.29, 1.82) is 0 Å². The summed E-state index contributed by atoms with van der Waals surface area (Å²) in [6, 6.07) is -0.960. The molecule has 0 aliphatic heterocycles. The number of esters is 1. The van der Waals surface area contributed by atoms with Crippen LogP contribution >= 0.6 is 0 Å². The van der Waals surface area contributed by atoms with Gasteiger partial charge in [0.1, 0.15) is 6.10 Å². The zero-order chi connectivity index (χ0) is 12.2. The second-order valence-corrected chi connectivity index (χ2v) is 6.06. The molecule has 0 spiro atoms. The van der Waals surface area contributed by atoms with Crippen LogP contribution in [-0.4, -0.2) is 21.1 Å². The zero-order valence-corrected chi connectivity index (χ0v) is 10.3. The molecule has 1 aliphatic carbocycles. The third-order valence-corrected chi connectivity index (χ3v) is 3.85. The Balaban J connectivity index is 2.33. The molecule has 2 nitrogen and oxygen atoms in total. The van der Waals surface area contributed by atoms with Crippen molar-refractivity contribution in [2.24, 2.45) is 5.92 Å². The largest absolute Gasteiger partial charge is 0.616 e. The minimum Gasteiger partial charge on any atom is -0.462 e. The van der Waals surface area contributed by atoms with Gasteiger partial charge in [-0.1, -0.05) is 13.3 Å². The molecule has 1 aliphatic rings. The first-order valence-corrected chi connectivity index (χ1v) is 7.50. The molecule has 1 rings (SSSR count). The van der Waals surface area contributed by atoms with E-state index >= 15 is 0 Å². The van der Waals surface area contributed by atoms with Crippen LogP contribution in [-0.2, 0) is 9.53 Å². The van der Waals surface area contributed by atoms with Crippen molar-refractivity contribution in [2.75, 3.05) is 0 Å². The number of hydrogen-bond donors (Lipinski definition) is 0. The molecule has 0 aromatic heterocycles. The Morgan fingerprint density at radius 3 is 2.38 bits per heavy atom. The predicted octanol–water partition coefficient (Wildman–Crippen LogP) is 3.35. The number of carbonyl (C=O) groups is 1. The van der Waals surface area contributed by atoms with Gasteiger partial charge in [-0.05, 0) is 25.7 Å². The number of rotatable bonds is 4. The summed E-state index contributed by atoms with van der Waals surface area (Å²) < 4.78 is 41.6. The molecule has 0 N–H and O–H groups in total. The highest BCUT2D eigenvalue weighted by Crippen LogP contribution is 2.25. The van der Waals surface area contributed by atoms with Gasteiger partial charge in [0.15, 0.2) is 0 Å². The summed E-state index contributed by atoms with van der Waals surface area (Å²) in [7, 11) is -5.65. The third-order valence-electron chi connectivity index (χ3n) is 2.78. The summed E-state index contributed by atoms with van der Waals surface area (Å²) in [6.07, 6.45) is 4.56. The second-order valence-electron chi connectivity index (χ2n) is 4.42. The first-order chi connectivity index (χ1) is 7.38. The molecule has 0 bridgehead atoms. The Morgan fingerprint density at radius 2 is 1.88 bits per heavy atom. The quantitative estimate of drug-likeness (QED) is 0.437. The van der Waals surface area contributed by atoms with Crippen molar-refractivity contribution >= 4 is 15.0 Å². The van der Waals surface area contributed by atoms with Gasteiger partial charge in [0.2, 0.25) is 0 Å². The van der Waals surface area contributed by atoms with Crippen LogP contribution in [0.5, 0.6) is 0 Å². The van der Waals surface area contributed by atoms with E-state index in [-0.39, 0.29) is 6.10 Å². The van der Waals surface area contributed by atoms with Gasteiger partial charge in [0.25, 0.3) is 0 Å². The van der Waals surface area contributed by atoms with Gasteiger partial charge in [-0.3, -0.25) is 4.79 Å². The van der Waals surface area contributed by atoms with E-state index in [9.17, 15) is 17.1 Å². The van der Waals surface area contributed by atoms with E-state index in [4.69, 9.17) is 4.74 Å². The SMILES string of the molecule is CC(C[Si](F)(F)F)C(=O)OC1CCCCC1. The molecule has 1 fully saturated rings. The number of carbonyl (C=O) groups excluding carboxylic acids is 1. The molecular weight excluding hydrogens is 237 g/mol. The molecule has 0 radical (unpaired) electrons. The highest BCUT2D eigenvalue weighted by Gasteiger charge is 2.41. The maximum Gasteiger partial charge on any atom is 0.616 e. The zero-order valence-electron chi connectivity index (χ0n) is 9.35. The van der Waals surface area contributed by atoms with Crippen molar-refractivity contribution in [3.63, 3.8) is 0 Å². The lowest BCUT2D eigenvalue weighted by Crippen LogP contribution is -2.28. The molecule has 0 aromatic carbocycles. The molecule has 94 valence electrons. The van der Waals surface area contributed by atoms with Gasteiger partial charge in [0.05, 0.1) is 5.92 Å². The highest BCUT2D eigenvalue weighted by atomic mass is 28.5. The maximum atomic E-state index is 12.2. The molecule has 6 heteroatoms. The second kappa shape index (κ2) is 5.70. The van der Waals surface area contributed by atoms with Gasteiger partial charge in [-0.25, -0.2) is 12.3 Å². The maximum absolute atomic E-state index is 12.2. The first kappa shape index (κ1) is 13.5. The van der Waals surface area contributed by atoms with Crippen molar-refractivity contribution in [1.82, 2.24) is 0 Å². The van der Waals surface area contributed by atoms with Crippen LogP contribution in [0, 0.1) is 5.92 Å². The van der Waals surface area contributed by atoms with Crippen LogP contribution in [0.4, 0.5) is 12.3 Å². The minimum absolute atomic E-state index is 0.154. The molecule has 1 unspecified atom stereocenters. The van der Waals surface area contributed by atoms with Crippen molar-refractivity contribution in [3.8, 4) is 0 Å². The molecule has 0 amide bonds. The van der Waals surface area contributed by atoms with E-state index in [1.165, 1.54) is 6.92 Å². The highest BCUT2D eigenvalue weighted by molar-refractivity contribution is 6.58. The monoisotopic (exact) mass is 254 g/mol. The van der Waals surface area contributed by atoms with Crippen molar-refractivity contribution in [2.45, 2.75) is 51.2 Å². The van der Waals surface area contributed by atoms with Crippen LogP contribution in [0.1, 0.15) is 39.0 Å². The smallest absolute Gasteiger partial charge is 0.462 e. The Hall–Kier alpha value is -0.523. The van der Waals surface area contributed by atoms with Crippen LogP contribution in [0.15, 0.2) is 0 Å². The van der Waals surface area contributed by atoms with Gasteiger partial charge < -0.3 is 4.74 Å². The fraction of sp³-hybridized carbons (Fsp3) is 0.900. The number of ether oxygens (including phenoxy) is 1.